The first kappa shape index (κ1) is 20.7. The maximum atomic E-state index is 2.54. The van der Waals surface area contributed by atoms with Crippen molar-refractivity contribution in [1.82, 2.24) is 4.40 Å². The lowest BCUT2D eigenvalue weighted by Crippen LogP contribution is -2.29. The van der Waals surface area contributed by atoms with Crippen molar-refractivity contribution in [3.05, 3.63) is 83.6 Å². The highest BCUT2D eigenvalue weighted by Gasteiger charge is 2.25. The highest BCUT2D eigenvalue weighted by molar-refractivity contribution is 6.29. The second kappa shape index (κ2) is 6.73. The maximum Gasteiger partial charge on any atom is 0.224 e. The molecular formula is C33H31N2+. The number of hydrogen-bond acceptors (Lipinski definition) is 0. The van der Waals surface area contributed by atoms with E-state index in [9.17, 15) is 0 Å². The summed E-state index contributed by atoms with van der Waals surface area (Å²) in [6.07, 6.45) is 3.32. The number of rotatable bonds is 1. The van der Waals surface area contributed by atoms with E-state index in [1.54, 1.807) is 0 Å². The van der Waals surface area contributed by atoms with Crippen molar-refractivity contribution in [2.24, 2.45) is 12.5 Å². The van der Waals surface area contributed by atoms with Crippen LogP contribution in [-0.4, -0.2) is 4.40 Å². The van der Waals surface area contributed by atoms with E-state index in [0.717, 1.165) is 6.42 Å². The van der Waals surface area contributed by atoms with Crippen LogP contribution in [0.5, 0.6) is 0 Å². The van der Waals surface area contributed by atoms with E-state index >= 15 is 0 Å². The van der Waals surface area contributed by atoms with Gasteiger partial charge in [0.1, 0.15) is 7.05 Å². The molecule has 7 rings (SSSR count). The highest BCUT2D eigenvalue weighted by atomic mass is 15.0. The largest absolute Gasteiger partial charge is 0.307 e. The normalized spacial score (nSPS) is 13.0. The van der Waals surface area contributed by atoms with Crippen molar-refractivity contribution >= 4 is 59.8 Å². The van der Waals surface area contributed by atoms with Crippen LogP contribution >= 0.6 is 0 Å². The first-order valence-corrected chi connectivity index (χ1v) is 12.6. The lowest BCUT2D eigenvalue weighted by molar-refractivity contribution is -0.643. The third-order valence-corrected chi connectivity index (χ3v) is 7.97. The third kappa shape index (κ3) is 2.74. The lowest BCUT2D eigenvalue weighted by Gasteiger charge is -2.19. The van der Waals surface area contributed by atoms with Gasteiger partial charge in [0, 0.05) is 22.2 Å². The molecule has 3 heterocycles. The molecule has 35 heavy (non-hydrogen) atoms. The number of benzene rings is 4. The van der Waals surface area contributed by atoms with Crippen molar-refractivity contribution in [2.75, 3.05) is 0 Å². The zero-order chi connectivity index (χ0) is 24.2. The molecule has 0 bridgehead atoms. The topological polar surface area (TPSA) is 8.29 Å². The first-order chi connectivity index (χ1) is 16.7. The Morgan fingerprint density at radius 3 is 2.37 bits per heavy atom. The number of fused-ring (bicyclic) bond motifs is 7. The summed E-state index contributed by atoms with van der Waals surface area (Å²) in [5.74, 6) is 0. The molecule has 0 aliphatic rings. The molecule has 0 atom stereocenters. The van der Waals surface area contributed by atoms with E-state index in [0.29, 0.717) is 0 Å². The van der Waals surface area contributed by atoms with Crippen molar-refractivity contribution in [1.29, 1.82) is 0 Å². The fraction of sp³-hybridized carbons (Fsp3) is 0.242. The molecule has 0 saturated heterocycles. The smallest absolute Gasteiger partial charge is 0.224 e. The second-order valence-corrected chi connectivity index (χ2v) is 11.7. The van der Waals surface area contributed by atoms with Gasteiger partial charge in [-0.2, -0.15) is 0 Å². The van der Waals surface area contributed by atoms with Gasteiger partial charge in [-0.3, -0.25) is 0 Å². The molecule has 3 aromatic heterocycles. The standard InChI is InChI=1S/C33H31N2/c1-19-15-26-24-9-7-8-10-27(24)35-28-17-22-16-21(18-33(3,4)5)11-12-23(22)25-13-14-34(6)32(30(25)28)29(20(19)2)31(26)35/h7-17H,18H2,1-6H3/q+1. The molecule has 4 aromatic carbocycles. The summed E-state index contributed by atoms with van der Waals surface area (Å²) in [6.45, 7) is 11.5. The fourth-order valence-corrected chi connectivity index (χ4v) is 6.43. The average Bonchev–Trinajstić information content (AvgIpc) is 3.13. The Labute approximate surface area is 205 Å². The van der Waals surface area contributed by atoms with E-state index in [1.807, 2.05) is 0 Å². The summed E-state index contributed by atoms with van der Waals surface area (Å²) in [7, 11) is 2.20. The van der Waals surface area contributed by atoms with Gasteiger partial charge in [-0.1, -0.05) is 57.2 Å². The minimum Gasteiger partial charge on any atom is -0.307 e. The number of aryl methyl sites for hydroxylation is 3. The summed E-state index contributed by atoms with van der Waals surface area (Å²) in [5, 5.41) is 9.41. The monoisotopic (exact) mass is 455 g/mol. The SMILES string of the molecule is Cc1cc2c3ccccc3n3c4cc5cc(CC(C)(C)C)ccc5c5cc[n+](C)c(c(c1C)c23)c54. The zero-order valence-corrected chi connectivity index (χ0v) is 21.5. The molecular weight excluding hydrogens is 424 g/mol. The van der Waals surface area contributed by atoms with Gasteiger partial charge >= 0.3 is 0 Å². The van der Waals surface area contributed by atoms with Gasteiger partial charge in [0.25, 0.3) is 0 Å². The molecule has 0 spiro atoms. The van der Waals surface area contributed by atoms with Crippen LogP contribution in [-0.2, 0) is 13.5 Å². The third-order valence-electron chi connectivity index (χ3n) is 7.97. The minimum atomic E-state index is 0.261. The first-order valence-electron chi connectivity index (χ1n) is 12.6. The van der Waals surface area contributed by atoms with Crippen LogP contribution in [0.4, 0.5) is 0 Å². The quantitative estimate of drug-likeness (QED) is 0.134. The summed E-state index contributed by atoms with van der Waals surface area (Å²) in [6, 6.07) is 23.1. The van der Waals surface area contributed by atoms with Gasteiger partial charge < -0.3 is 4.40 Å². The molecule has 2 nitrogen and oxygen atoms in total. The Morgan fingerprint density at radius 1 is 0.771 bits per heavy atom. The van der Waals surface area contributed by atoms with E-state index in [1.165, 1.54) is 76.5 Å². The number of pyridine rings is 2. The van der Waals surface area contributed by atoms with Crippen LogP contribution in [0, 0.1) is 19.3 Å². The summed E-state index contributed by atoms with van der Waals surface area (Å²) >= 11 is 0. The number of aromatic nitrogens is 2. The van der Waals surface area contributed by atoms with E-state index < -0.39 is 0 Å². The van der Waals surface area contributed by atoms with Gasteiger partial charge in [0.2, 0.25) is 5.52 Å². The molecule has 0 aliphatic carbocycles. The van der Waals surface area contributed by atoms with E-state index in [-0.39, 0.29) is 5.41 Å². The number of hydrogen-bond donors (Lipinski definition) is 0. The van der Waals surface area contributed by atoms with Crippen molar-refractivity contribution in [3.63, 3.8) is 0 Å². The molecule has 7 aromatic rings. The summed E-state index contributed by atoms with van der Waals surface area (Å²) in [5.41, 5.74) is 9.65. The number of para-hydroxylation sites is 1. The summed E-state index contributed by atoms with van der Waals surface area (Å²) < 4.78 is 4.87. The fourth-order valence-electron chi connectivity index (χ4n) is 6.43. The van der Waals surface area contributed by atoms with Crippen LogP contribution in [0.1, 0.15) is 37.5 Å². The van der Waals surface area contributed by atoms with Gasteiger partial charge in [-0.25, -0.2) is 4.57 Å². The molecule has 0 N–H and O–H groups in total. The Bertz CT molecular complexity index is 1980. The summed E-state index contributed by atoms with van der Waals surface area (Å²) in [4.78, 5) is 0. The molecule has 0 radical (unpaired) electrons. The predicted octanol–water partition coefficient (Wildman–Crippen LogP) is 8.17. The van der Waals surface area contributed by atoms with Crippen LogP contribution in [0.15, 0.2) is 66.9 Å². The second-order valence-electron chi connectivity index (χ2n) is 11.7. The maximum absolute atomic E-state index is 2.54. The molecule has 0 fully saturated rings. The minimum absolute atomic E-state index is 0.261. The van der Waals surface area contributed by atoms with E-state index in [4.69, 9.17) is 0 Å². The lowest BCUT2D eigenvalue weighted by atomic mass is 9.87. The molecule has 0 saturated carbocycles. The molecule has 0 unspecified atom stereocenters. The highest BCUT2D eigenvalue weighted by Crippen LogP contribution is 2.43. The Kier molecular flexibility index (Phi) is 3.98. The predicted molar refractivity (Wildman–Crippen MR) is 150 cm³/mol. The van der Waals surface area contributed by atoms with Gasteiger partial charge in [-0.15, -0.1) is 0 Å². The van der Waals surface area contributed by atoms with Gasteiger partial charge in [0.05, 0.1) is 27.3 Å². The average molecular weight is 456 g/mol. The molecule has 2 heteroatoms. The Hall–Kier alpha value is -3.65. The van der Waals surface area contributed by atoms with Gasteiger partial charge in [-0.05, 0) is 71.3 Å². The molecule has 0 aliphatic heterocycles. The van der Waals surface area contributed by atoms with Crippen molar-refractivity contribution in [2.45, 2.75) is 41.0 Å². The van der Waals surface area contributed by atoms with Crippen LogP contribution < -0.4 is 4.57 Å². The Balaban J connectivity index is 1.80. The zero-order valence-electron chi connectivity index (χ0n) is 21.5. The van der Waals surface area contributed by atoms with Crippen LogP contribution in [0.25, 0.3) is 59.8 Å². The van der Waals surface area contributed by atoms with Crippen LogP contribution in [0.2, 0.25) is 0 Å². The van der Waals surface area contributed by atoms with Crippen LogP contribution in [0.3, 0.4) is 0 Å². The number of nitrogens with zero attached hydrogens (tertiary/aromatic N) is 2. The van der Waals surface area contributed by atoms with Crippen molar-refractivity contribution in [3.8, 4) is 0 Å². The molecule has 172 valence electrons. The van der Waals surface area contributed by atoms with Crippen molar-refractivity contribution < 1.29 is 4.57 Å². The molecule has 0 amide bonds. The van der Waals surface area contributed by atoms with Gasteiger partial charge in [0.15, 0.2) is 6.20 Å². The Morgan fingerprint density at radius 2 is 1.57 bits per heavy atom. The van der Waals surface area contributed by atoms with E-state index in [2.05, 4.69) is 117 Å².